The molecule has 36 heavy (non-hydrogen) atoms. The molecular weight excluding hydrogens is 467 g/mol. The van der Waals surface area contributed by atoms with Crippen LogP contribution in [0.2, 0.25) is 0 Å². The van der Waals surface area contributed by atoms with Gasteiger partial charge in [0.25, 0.3) is 5.91 Å². The molecule has 0 unspecified atom stereocenters. The number of halogens is 3. The Bertz CT molecular complexity index is 1250. The summed E-state index contributed by atoms with van der Waals surface area (Å²) in [6.45, 7) is 6.71. The third-order valence-electron chi connectivity index (χ3n) is 5.19. The second-order valence-corrected chi connectivity index (χ2v) is 7.48. The van der Waals surface area contributed by atoms with Crippen molar-refractivity contribution in [3.63, 3.8) is 0 Å². The van der Waals surface area contributed by atoms with Crippen molar-refractivity contribution in [3.8, 4) is 28.4 Å². The molecule has 4 rings (SSSR count). The van der Waals surface area contributed by atoms with E-state index >= 15 is 0 Å². The first-order valence-corrected chi connectivity index (χ1v) is 11.7. The van der Waals surface area contributed by atoms with Gasteiger partial charge in [-0.3, -0.25) is 4.79 Å². The van der Waals surface area contributed by atoms with Gasteiger partial charge in [0.2, 0.25) is 0 Å². The lowest BCUT2D eigenvalue weighted by molar-refractivity contribution is -0.274. The van der Waals surface area contributed by atoms with Gasteiger partial charge < -0.3 is 14.6 Å². The zero-order valence-electron chi connectivity index (χ0n) is 20.3. The number of ether oxygens (including phenoxy) is 1. The summed E-state index contributed by atoms with van der Waals surface area (Å²) in [5.74, 6) is -0.0749. The van der Waals surface area contributed by atoms with Crippen LogP contribution >= 0.6 is 0 Å². The van der Waals surface area contributed by atoms with Gasteiger partial charge >= 0.3 is 6.36 Å². The van der Waals surface area contributed by atoms with Crippen LogP contribution in [0.1, 0.15) is 36.8 Å². The van der Waals surface area contributed by atoms with Gasteiger partial charge in [-0.15, -0.1) is 13.2 Å². The Morgan fingerprint density at radius 1 is 0.889 bits per heavy atom. The highest BCUT2D eigenvalue weighted by Crippen LogP contribution is 2.32. The number of aromatic nitrogens is 2. The fourth-order valence-electron chi connectivity index (χ4n) is 3.68. The fraction of sp³-hybridized carbons (Fsp3) is 0.214. The Morgan fingerprint density at radius 3 is 2.03 bits per heavy atom. The molecule has 0 saturated carbocycles. The average Bonchev–Trinajstić information content (AvgIpc) is 3.29. The Labute approximate surface area is 208 Å². The van der Waals surface area contributed by atoms with Crippen LogP contribution in [-0.4, -0.2) is 21.8 Å². The van der Waals surface area contributed by atoms with Gasteiger partial charge in [-0.25, -0.2) is 4.98 Å². The third-order valence-corrected chi connectivity index (χ3v) is 5.19. The second-order valence-electron chi connectivity index (χ2n) is 7.48. The zero-order valence-corrected chi connectivity index (χ0v) is 20.3. The van der Waals surface area contributed by atoms with Gasteiger partial charge in [-0.2, -0.15) is 0 Å². The second kappa shape index (κ2) is 12.1. The Morgan fingerprint density at radius 2 is 1.47 bits per heavy atom. The molecule has 3 aromatic carbocycles. The van der Waals surface area contributed by atoms with Gasteiger partial charge in [0.1, 0.15) is 23.0 Å². The number of hydrogen-bond acceptors (Lipinski definition) is 3. The SMILES string of the molecule is CC.CCn1c(-c2ccccc2)nc(-c2ccc(OC(F)(F)F)cc2)c1C(=O)NCc1ccccc1. The van der Waals surface area contributed by atoms with Gasteiger partial charge in [-0.1, -0.05) is 74.5 Å². The highest BCUT2D eigenvalue weighted by molar-refractivity contribution is 5.99. The number of hydrogen-bond donors (Lipinski definition) is 1. The molecule has 8 heteroatoms. The van der Waals surface area contributed by atoms with Gasteiger partial charge in [0.05, 0.1) is 0 Å². The lowest BCUT2D eigenvalue weighted by Crippen LogP contribution is -2.26. The van der Waals surface area contributed by atoms with Crippen molar-refractivity contribution in [1.29, 1.82) is 0 Å². The van der Waals surface area contributed by atoms with Crippen LogP contribution in [-0.2, 0) is 13.1 Å². The lowest BCUT2D eigenvalue weighted by Gasteiger charge is -2.12. The van der Waals surface area contributed by atoms with Gasteiger partial charge in [0.15, 0.2) is 0 Å². The first kappa shape index (κ1) is 26.5. The summed E-state index contributed by atoms with van der Waals surface area (Å²) in [6, 6.07) is 24.3. The van der Waals surface area contributed by atoms with Crippen molar-refractivity contribution in [2.24, 2.45) is 0 Å². The molecule has 0 aliphatic heterocycles. The first-order valence-electron chi connectivity index (χ1n) is 11.7. The molecule has 0 aliphatic rings. The lowest BCUT2D eigenvalue weighted by atomic mass is 10.1. The molecule has 0 radical (unpaired) electrons. The number of alkyl halides is 3. The van der Waals surface area contributed by atoms with E-state index in [1.807, 2.05) is 86.0 Å². The van der Waals surface area contributed by atoms with Crippen LogP contribution in [0.3, 0.4) is 0 Å². The summed E-state index contributed by atoms with van der Waals surface area (Å²) < 4.78 is 43.5. The maximum Gasteiger partial charge on any atom is 0.573 e. The normalized spacial score (nSPS) is 10.8. The molecule has 1 aromatic heterocycles. The molecule has 0 bridgehead atoms. The van der Waals surface area contributed by atoms with E-state index in [0.717, 1.165) is 11.1 Å². The van der Waals surface area contributed by atoms with Crippen LogP contribution in [0.4, 0.5) is 13.2 Å². The van der Waals surface area contributed by atoms with Crippen LogP contribution in [0.25, 0.3) is 22.6 Å². The predicted molar refractivity (Wildman–Crippen MR) is 134 cm³/mol. The van der Waals surface area contributed by atoms with E-state index in [1.165, 1.54) is 24.3 Å². The molecule has 0 saturated heterocycles. The zero-order chi connectivity index (χ0) is 26.1. The third kappa shape index (κ3) is 6.53. The fourth-order valence-corrected chi connectivity index (χ4v) is 3.68. The average molecular weight is 496 g/mol. The molecule has 0 atom stereocenters. The van der Waals surface area contributed by atoms with Crippen molar-refractivity contribution < 1.29 is 22.7 Å². The largest absolute Gasteiger partial charge is 0.573 e. The minimum Gasteiger partial charge on any atom is -0.406 e. The Kier molecular flexibility index (Phi) is 8.89. The molecule has 0 spiro atoms. The number of benzene rings is 3. The summed E-state index contributed by atoms with van der Waals surface area (Å²) in [5, 5.41) is 2.93. The van der Waals surface area contributed by atoms with E-state index in [9.17, 15) is 18.0 Å². The number of nitrogens with one attached hydrogen (secondary N) is 1. The molecule has 1 amide bonds. The molecule has 1 heterocycles. The van der Waals surface area contributed by atoms with E-state index in [4.69, 9.17) is 4.98 Å². The number of rotatable bonds is 7. The standard InChI is InChI=1S/C26H22F3N3O2.C2H6/c1-2-32-23(25(33)30-17-18-9-5-3-6-10-18)22(31-24(32)20-11-7-4-8-12-20)19-13-15-21(16-14-19)34-26(27,28)29;1-2/h3-16H,2,17H2,1H3,(H,30,33);1-2H3. The minimum absolute atomic E-state index is 0.326. The number of amides is 1. The first-order chi connectivity index (χ1) is 17.4. The van der Waals surface area contributed by atoms with Crippen LogP contribution in [0, 0.1) is 0 Å². The molecule has 5 nitrogen and oxygen atoms in total. The number of carbonyl (C=O) groups is 1. The number of imidazole rings is 1. The van der Waals surface area contributed by atoms with Crippen LogP contribution in [0.5, 0.6) is 5.75 Å². The van der Waals surface area contributed by atoms with Crippen molar-refractivity contribution in [3.05, 3.63) is 96.2 Å². The summed E-state index contributed by atoms with van der Waals surface area (Å²) >= 11 is 0. The summed E-state index contributed by atoms with van der Waals surface area (Å²) in [5.41, 5.74) is 2.98. The van der Waals surface area contributed by atoms with Gasteiger partial charge in [0, 0.05) is 24.2 Å². The van der Waals surface area contributed by atoms with Crippen molar-refractivity contribution >= 4 is 5.91 Å². The summed E-state index contributed by atoms with van der Waals surface area (Å²) in [4.78, 5) is 18.1. The predicted octanol–water partition coefficient (Wildman–Crippen LogP) is 7.09. The smallest absolute Gasteiger partial charge is 0.406 e. The Hall–Kier alpha value is -4.07. The minimum atomic E-state index is -4.78. The summed E-state index contributed by atoms with van der Waals surface area (Å²) in [6.07, 6.45) is -4.78. The quantitative estimate of drug-likeness (QED) is 0.298. The molecule has 0 fully saturated rings. The molecule has 4 aromatic rings. The van der Waals surface area contributed by atoms with Crippen LogP contribution < -0.4 is 10.1 Å². The molecule has 188 valence electrons. The number of carbonyl (C=O) groups excluding carboxylic acids is 1. The van der Waals surface area contributed by atoms with Crippen molar-refractivity contribution in [2.75, 3.05) is 0 Å². The highest BCUT2D eigenvalue weighted by atomic mass is 19.4. The maximum atomic E-state index is 13.3. The summed E-state index contributed by atoms with van der Waals surface area (Å²) in [7, 11) is 0. The van der Waals surface area contributed by atoms with Gasteiger partial charge in [-0.05, 0) is 36.8 Å². The van der Waals surface area contributed by atoms with Crippen molar-refractivity contribution in [2.45, 2.75) is 40.2 Å². The van der Waals surface area contributed by atoms with E-state index < -0.39 is 6.36 Å². The van der Waals surface area contributed by atoms with E-state index in [-0.39, 0.29) is 11.7 Å². The molecular formula is C28H28F3N3O2. The van der Waals surface area contributed by atoms with Crippen LogP contribution in [0.15, 0.2) is 84.9 Å². The maximum absolute atomic E-state index is 13.3. The molecule has 1 N–H and O–H groups in total. The topological polar surface area (TPSA) is 56.2 Å². The number of nitrogens with zero attached hydrogens (tertiary/aromatic N) is 2. The van der Waals surface area contributed by atoms with E-state index in [2.05, 4.69) is 10.1 Å². The monoisotopic (exact) mass is 495 g/mol. The van der Waals surface area contributed by atoms with Crippen molar-refractivity contribution in [1.82, 2.24) is 14.9 Å². The highest BCUT2D eigenvalue weighted by Gasteiger charge is 2.31. The van der Waals surface area contributed by atoms with E-state index in [1.54, 1.807) is 0 Å². The molecule has 0 aliphatic carbocycles. The van der Waals surface area contributed by atoms with E-state index in [0.29, 0.717) is 35.9 Å². The Balaban J connectivity index is 0.00000176.